The minimum absolute atomic E-state index is 0.0114. The van der Waals surface area contributed by atoms with E-state index in [4.69, 9.17) is 15.1 Å². The quantitative estimate of drug-likeness (QED) is 0.814. The maximum Gasteiger partial charge on any atom is 0.137 e. The lowest BCUT2D eigenvalue weighted by Gasteiger charge is -2.11. The van der Waals surface area contributed by atoms with Gasteiger partial charge < -0.3 is 9.84 Å². The van der Waals surface area contributed by atoms with Crippen molar-refractivity contribution in [1.82, 2.24) is 0 Å². The zero-order chi connectivity index (χ0) is 11.3. The largest absolute Gasteiger partial charge is 0.492 e. The molecule has 3 heteroatoms. The number of nitrogens with zero attached hydrogens (tertiary/aromatic N) is 1. The van der Waals surface area contributed by atoms with Gasteiger partial charge in [0.1, 0.15) is 11.8 Å². The topological polar surface area (TPSA) is 53.2 Å². The van der Waals surface area contributed by atoms with Gasteiger partial charge in [0.05, 0.1) is 18.8 Å². The van der Waals surface area contributed by atoms with Crippen molar-refractivity contribution in [2.75, 3.05) is 13.2 Å². The summed E-state index contributed by atoms with van der Waals surface area (Å²) >= 11 is 0. The van der Waals surface area contributed by atoms with Crippen LogP contribution in [0.4, 0.5) is 0 Å². The minimum Gasteiger partial charge on any atom is -0.492 e. The van der Waals surface area contributed by atoms with Crippen LogP contribution in [0.3, 0.4) is 0 Å². The van der Waals surface area contributed by atoms with Gasteiger partial charge >= 0.3 is 0 Å². The van der Waals surface area contributed by atoms with Crippen LogP contribution in [0, 0.1) is 17.2 Å². The normalized spacial score (nSPS) is 10.1. The van der Waals surface area contributed by atoms with Crippen LogP contribution in [-0.4, -0.2) is 18.3 Å². The van der Waals surface area contributed by atoms with Crippen LogP contribution in [0.15, 0.2) is 18.2 Å². The number of rotatable bonds is 4. The highest BCUT2D eigenvalue weighted by Gasteiger charge is 2.09. The zero-order valence-electron chi connectivity index (χ0n) is 8.95. The average Bonchev–Trinajstić information content (AvgIpc) is 2.28. The lowest BCUT2D eigenvalue weighted by atomic mass is 10.0. The Morgan fingerprint density at radius 2 is 2.27 bits per heavy atom. The molecule has 0 aliphatic heterocycles. The van der Waals surface area contributed by atoms with Gasteiger partial charge in [0, 0.05) is 5.92 Å². The molecule has 0 spiro atoms. The Morgan fingerprint density at radius 1 is 1.53 bits per heavy atom. The van der Waals surface area contributed by atoms with E-state index < -0.39 is 0 Å². The van der Waals surface area contributed by atoms with Crippen molar-refractivity contribution in [3.05, 3.63) is 35.2 Å². The second kappa shape index (κ2) is 5.38. The second-order valence-electron chi connectivity index (χ2n) is 3.19. The number of benzene rings is 1. The zero-order valence-corrected chi connectivity index (χ0v) is 8.95. The van der Waals surface area contributed by atoms with E-state index in [0.29, 0.717) is 17.9 Å². The van der Waals surface area contributed by atoms with Crippen molar-refractivity contribution < 1.29 is 9.84 Å². The van der Waals surface area contributed by atoms with Crippen molar-refractivity contribution in [3.63, 3.8) is 0 Å². The van der Waals surface area contributed by atoms with Gasteiger partial charge in [-0.25, -0.2) is 0 Å². The van der Waals surface area contributed by atoms with E-state index in [1.54, 1.807) is 12.1 Å². The lowest BCUT2D eigenvalue weighted by Crippen LogP contribution is -2.02. The summed E-state index contributed by atoms with van der Waals surface area (Å²) in [5.74, 6) is 1.44. The monoisotopic (exact) mass is 204 g/mol. The Bertz CT molecular complexity index is 368. The third-order valence-electron chi connectivity index (χ3n) is 2.13. The fraction of sp³-hybridized carbons (Fsp3) is 0.333. The molecule has 15 heavy (non-hydrogen) atoms. The lowest BCUT2D eigenvalue weighted by molar-refractivity contribution is 0.314. The molecular weight excluding hydrogens is 190 g/mol. The first kappa shape index (κ1) is 11.5. The molecule has 1 aromatic carbocycles. The van der Waals surface area contributed by atoms with Gasteiger partial charge in [-0.2, -0.15) is 5.26 Å². The maximum atomic E-state index is 8.99. The van der Waals surface area contributed by atoms with Gasteiger partial charge in [-0.3, -0.25) is 0 Å². The Labute approximate surface area is 89.9 Å². The smallest absolute Gasteiger partial charge is 0.137 e. The number of nitriles is 1. The predicted octanol–water partition coefficient (Wildman–Crippen LogP) is 1.89. The average molecular weight is 204 g/mol. The van der Waals surface area contributed by atoms with E-state index in [9.17, 15) is 0 Å². The molecule has 1 N–H and O–H groups in total. The molecule has 0 fully saturated rings. The summed E-state index contributed by atoms with van der Waals surface area (Å²) in [5.41, 5.74) is 1.42. The Morgan fingerprint density at radius 3 is 2.80 bits per heavy atom. The third kappa shape index (κ3) is 2.71. The molecular formula is C12H14NO2. The van der Waals surface area contributed by atoms with Gasteiger partial charge in [-0.1, -0.05) is 13.0 Å². The number of hydrogen-bond donors (Lipinski definition) is 1. The van der Waals surface area contributed by atoms with Crippen molar-refractivity contribution in [2.24, 2.45) is 0 Å². The summed E-state index contributed by atoms with van der Waals surface area (Å²) in [7, 11) is 0. The van der Waals surface area contributed by atoms with Gasteiger partial charge in [0.25, 0.3) is 0 Å². The number of aliphatic hydroxyl groups excluding tert-OH is 1. The highest BCUT2D eigenvalue weighted by Crippen LogP contribution is 2.23. The van der Waals surface area contributed by atoms with E-state index >= 15 is 0 Å². The predicted molar refractivity (Wildman–Crippen MR) is 57.4 cm³/mol. The molecule has 1 aromatic rings. The minimum atomic E-state index is 0.0114. The van der Waals surface area contributed by atoms with Crippen LogP contribution in [-0.2, 0) is 0 Å². The standard InChI is InChI=1S/C12H14NO2/c1-3-15-12-6-10(9(2)8-14)4-5-11(12)7-13/h4-6,14H,3,8H2,1-2H3. The first-order valence-corrected chi connectivity index (χ1v) is 4.83. The molecule has 0 aliphatic carbocycles. The van der Waals surface area contributed by atoms with Crippen LogP contribution in [0.25, 0.3) is 0 Å². The fourth-order valence-electron chi connectivity index (χ4n) is 1.25. The Balaban J connectivity index is 3.05. The summed E-state index contributed by atoms with van der Waals surface area (Å²) in [4.78, 5) is 0. The van der Waals surface area contributed by atoms with Crippen molar-refractivity contribution in [3.8, 4) is 11.8 Å². The van der Waals surface area contributed by atoms with Crippen molar-refractivity contribution in [2.45, 2.75) is 13.8 Å². The first-order valence-electron chi connectivity index (χ1n) is 4.83. The molecule has 0 unspecified atom stereocenters. The van der Waals surface area contributed by atoms with E-state index in [1.807, 2.05) is 19.9 Å². The summed E-state index contributed by atoms with van der Waals surface area (Å²) in [6, 6.07) is 7.37. The molecule has 0 bridgehead atoms. The highest BCUT2D eigenvalue weighted by atomic mass is 16.5. The Kier molecular flexibility index (Phi) is 4.14. The van der Waals surface area contributed by atoms with E-state index in [0.717, 1.165) is 11.5 Å². The van der Waals surface area contributed by atoms with E-state index in [1.165, 1.54) is 0 Å². The molecule has 79 valence electrons. The SMILES string of the molecule is CCOc1cc([C](C)CO)ccc1C#N. The van der Waals surface area contributed by atoms with Crippen LogP contribution in [0.5, 0.6) is 5.75 Å². The highest BCUT2D eigenvalue weighted by molar-refractivity contribution is 5.48. The number of hydrogen-bond acceptors (Lipinski definition) is 3. The van der Waals surface area contributed by atoms with Crippen molar-refractivity contribution in [1.29, 1.82) is 5.26 Å². The molecule has 0 atom stereocenters. The maximum absolute atomic E-state index is 8.99. The summed E-state index contributed by atoms with van der Waals surface area (Å²) in [6.45, 7) is 4.25. The molecule has 0 saturated heterocycles. The van der Waals surface area contributed by atoms with E-state index in [-0.39, 0.29) is 6.61 Å². The number of ether oxygens (including phenoxy) is 1. The Hall–Kier alpha value is -1.53. The summed E-state index contributed by atoms with van der Waals surface area (Å²) in [6.07, 6.45) is 0. The third-order valence-corrected chi connectivity index (χ3v) is 2.13. The number of aliphatic hydroxyl groups is 1. The molecule has 0 heterocycles. The van der Waals surface area contributed by atoms with Gasteiger partial charge in [-0.05, 0) is 24.6 Å². The first-order chi connectivity index (χ1) is 7.22. The molecule has 0 aliphatic rings. The van der Waals surface area contributed by atoms with Crippen LogP contribution in [0.1, 0.15) is 25.0 Å². The van der Waals surface area contributed by atoms with Crippen LogP contribution in [0.2, 0.25) is 0 Å². The summed E-state index contributed by atoms with van der Waals surface area (Å²) < 4.78 is 5.35. The molecule has 0 aromatic heterocycles. The summed E-state index contributed by atoms with van der Waals surface area (Å²) in [5, 5.41) is 17.8. The molecule has 3 nitrogen and oxygen atoms in total. The second-order valence-corrected chi connectivity index (χ2v) is 3.19. The van der Waals surface area contributed by atoms with Gasteiger partial charge in [-0.15, -0.1) is 0 Å². The van der Waals surface area contributed by atoms with E-state index in [2.05, 4.69) is 6.07 Å². The van der Waals surface area contributed by atoms with Gasteiger partial charge in [0.2, 0.25) is 0 Å². The molecule has 0 saturated carbocycles. The fourth-order valence-corrected chi connectivity index (χ4v) is 1.25. The van der Waals surface area contributed by atoms with Gasteiger partial charge in [0.15, 0.2) is 0 Å². The van der Waals surface area contributed by atoms with Crippen LogP contribution >= 0.6 is 0 Å². The van der Waals surface area contributed by atoms with Crippen molar-refractivity contribution >= 4 is 0 Å². The van der Waals surface area contributed by atoms with Crippen LogP contribution < -0.4 is 4.74 Å². The molecule has 1 rings (SSSR count). The molecule has 0 amide bonds. The molecule has 1 radical (unpaired) electrons.